The van der Waals surface area contributed by atoms with E-state index in [0.29, 0.717) is 0 Å². The van der Waals surface area contributed by atoms with E-state index in [2.05, 4.69) is 86.0 Å². The van der Waals surface area contributed by atoms with E-state index in [1.165, 1.54) is 39.2 Å². The summed E-state index contributed by atoms with van der Waals surface area (Å²) in [5, 5.41) is 0.840. The Morgan fingerprint density at radius 1 is 0.677 bits per heavy atom. The molecule has 0 spiro atoms. The van der Waals surface area contributed by atoms with Gasteiger partial charge in [0.05, 0.1) is 0 Å². The number of rotatable bonds is 7. The molecule has 162 valence electrons. The van der Waals surface area contributed by atoms with Crippen molar-refractivity contribution in [2.45, 2.75) is 40.0 Å². The number of nitrogens with zero attached hydrogens (tertiary/aromatic N) is 2. The smallest absolute Gasteiger partial charge is 0.0447 e. The molecule has 0 aromatic heterocycles. The predicted octanol–water partition coefficient (Wildman–Crippen LogP) is 7.12. The van der Waals surface area contributed by atoms with Gasteiger partial charge in [0, 0.05) is 48.5 Å². The predicted molar refractivity (Wildman–Crippen MR) is 135 cm³/mol. The fourth-order valence-corrected chi connectivity index (χ4v) is 5.29. The third kappa shape index (κ3) is 4.06. The van der Waals surface area contributed by atoms with Crippen LogP contribution in [0.4, 0.5) is 11.4 Å². The summed E-state index contributed by atoms with van der Waals surface area (Å²) >= 11 is 6.73. The summed E-state index contributed by atoms with van der Waals surface area (Å²) in [6.07, 6.45) is 0.968. The number of fused-ring (bicyclic) bond motifs is 2. The molecule has 0 aliphatic heterocycles. The molecular weight excluding hydrogens is 400 g/mol. The standard InChI is InChI=1S/C28H33ClN2/c1-5-30(6-2)22-13-15-24-20(18-22)17-21-19-23(31(7-3)8-4)14-16-25(21)28(24)26-11-9-10-12-27(26)29/h9-16,18-19,28H,5-8,17H2,1-4H3. The van der Waals surface area contributed by atoms with Gasteiger partial charge in [-0.1, -0.05) is 41.9 Å². The second kappa shape index (κ2) is 9.36. The van der Waals surface area contributed by atoms with Crippen LogP contribution in [0.3, 0.4) is 0 Å². The van der Waals surface area contributed by atoms with Crippen molar-refractivity contribution in [1.82, 2.24) is 0 Å². The molecule has 1 aliphatic carbocycles. The van der Waals surface area contributed by atoms with Crippen molar-refractivity contribution < 1.29 is 0 Å². The van der Waals surface area contributed by atoms with Crippen LogP contribution in [0.2, 0.25) is 5.02 Å². The summed E-state index contributed by atoms with van der Waals surface area (Å²) in [5.41, 5.74) is 9.41. The van der Waals surface area contributed by atoms with Crippen molar-refractivity contribution in [2.75, 3.05) is 36.0 Å². The van der Waals surface area contributed by atoms with Gasteiger partial charge in [-0.05, 0) is 92.3 Å². The second-order valence-electron chi connectivity index (χ2n) is 8.24. The molecule has 0 radical (unpaired) electrons. The minimum atomic E-state index is 0.170. The van der Waals surface area contributed by atoms with Crippen LogP contribution in [0.5, 0.6) is 0 Å². The van der Waals surface area contributed by atoms with E-state index in [-0.39, 0.29) is 5.92 Å². The average Bonchev–Trinajstić information content (AvgIpc) is 2.79. The second-order valence-corrected chi connectivity index (χ2v) is 8.65. The Labute approximate surface area is 192 Å². The average molecular weight is 433 g/mol. The Bertz CT molecular complexity index is 989. The lowest BCUT2D eigenvalue weighted by Crippen LogP contribution is -2.24. The van der Waals surface area contributed by atoms with Crippen molar-refractivity contribution in [3.63, 3.8) is 0 Å². The van der Waals surface area contributed by atoms with Gasteiger partial charge in [-0.15, -0.1) is 0 Å². The number of hydrogen-bond acceptors (Lipinski definition) is 2. The lowest BCUT2D eigenvalue weighted by atomic mass is 9.74. The maximum atomic E-state index is 6.73. The van der Waals surface area contributed by atoms with Crippen molar-refractivity contribution in [3.8, 4) is 0 Å². The monoisotopic (exact) mass is 432 g/mol. The first-order chi connectivity index (χ1) is 15.1. The van der Waals surface area contributed by atoms with Crippen LogP contribution < -0.4 is 9.80 Å². The summed E-state index contributed by atoms with van der Waals surface area (Å²) in [6, 6.07) is 22.3. The first-order valence-electron chi connectivity index (χ1n) is 11.6. The maximum Gasteiger partial charge on any atom is 0.0447 e. The van der Waals surface area contributed by atoms with Crippen LogP contribution in [0.1, 0.15) is 61.4 Å². The molecule has 0 bridgehead atoms. The zero-order valence-electron chi connectivity index (χ0n) is 19.2. The molecule has 0 heterocycles. The molecule has 0 fully saturated rings. The Hall–Kier alpha value is -2.45. The Morgan fingerprint density at radius 3 is 1.61 bits per heavy atom. The molecule has 0 saturated carbocycles. The van der Waals surface area contributed by atoms with E-state index in [0.717, 1.165) is 37.6 Å². The molecule has 1 aliphatic rings. The van der Waals surface area contributed by atoms with Gasteiger partial charge in [-0.2, -0.15) is 0 Å². The number of anilines is 2. The molecule has 0 unspecified atom stereocenters. The van der Waals surface area contributed by atoms with Gasteiger partial charge in [-0.25, -0.2) is 0 Å². The Morgan fingerprint density at radius 2 is 1.16 bits per heavy atom. The highest BCUT2D eigenvalue weighted by atomic mass is 35.5. The van der Waals surface area contributed by atoms with Crippen molar-refractivity contribution >= 4 is 23.0 Å². The van der Waals surface area contributed by atoms with Crippen molar-refractivity contribution in [3.05, 3.63) is 93.5 Å². The third-order valence-electron chi connectivity index (χ3n) is 6.73. The first-order valence-corrected chi connectivity index (χ1v) is 12.0. The summed E-state index contributed by atoms with van der Waals surface area (Å²) in [4.78, 5) is 4.85. The molecule has 0 amide bonds. The van der Waals surface area contributed by atoms with E-state index in [4.69, 9.17) is 11.6 Å². The van der Waals surface area contributed by atoms with Crippen molar-refractivity contribution in [2.24, 2.45) is 0 Å². The molecule has 31 heavy (non-hydrogen) atoms. The molecule has 0 N–H and O–H groups in total. The molecule has 3 heteroatoms. The van der Waals surface area contributed by atoms with E-state index in [9.17, 15) is 0 Å². The molecule has 0 atom stereocenters. The summed E-state index contributed by atoms with van der Waals surface area (Å²) in [5.74, 6) is 0.170. The molecule has 2 nitrogen and oxygen atoms in total. The molecule has 3 aromatic rings. The van der Waals surface area contributed by atoms with E-state index < -0.39 is 0 Å². The van der Waals surface area contributed by atoms with Gasteiger partial charge < -0.3 is 9.80 Å². The highest BCUT2D eigenvalue weighted by Gasteiger charge is 2.29. The minimum absolute atomic E-state index is 0.170. The van der Waals surface area contributed by atoms with E-state index in [1.54, 1.807) is 0 Å². The number of hydrogen-bond donors (Lipinski definition) is 0. The SMILES string of the molecule is CCN(CC)c1ccc2c(c1)Cc1cc(N(CC)CC)ccc1C2c1ccccc1Cl. The van der Waals surface area contributed by atoms with Gasteiger partial charge in [0.25, 0.3) is 0 Å². The van der Waals surface area contributed by atoms with Gasteiger partial charge in [0.1, 0.15) is 0 Å². The number of benzene rings is 3. The van der Waals surface area contributed by atoms with Gasteiger partial charge in [0.2, 0.25) is 0 Å². The zero-order chi connectivity index (χ0) is 22.0. The van der Waals surface area contributed by atoms with E-state index in [1.807, 2.05) is 12.1 Å². The van der Waals surface area contributed by atoms with Crippen LogP contribution >= 0.6 is 11.6 Å². The Balaban J connectivity index is 1.88. The summed E-state index contributed by atoms with van der Waals surface area (Å²) in [7, 11) is 0. The van der Waals surface area contributed by atoms with Gasteiger partial charge in [-0.3, -0.25) is 0 Å². The van der Waals surface area contributed by atoms with Crippen LogP contribution in [-0.2, 0) is 6.42 Å². The first kappa shape index (κ1) is 21.8. The van der Waals surface area contributed by atoms with E-state index >= 15 is 0 Å². The third-order valence-corrected chi connectivity index (χ3v) is 7.07. The lowest BCUT2D eigenvalue weighted by molar-refractivity contribution is 0.843. The fraction of sp³-hybridized carbons (Fsp3) is 0.357. The van der Waals surface area contributed by atoms with Crippen LogP contribution in [-0.4, -0.2) is 26.2 Å². The minimum Gasteiger partial charge on any atom is -0.372 e. The molecule has 0 saturated heterocycles. The highest BCUT2D eigenvalue weighted by molar-refractivity contribution is 6.31. The van der Waals surface area contributed by atoms with Crippen LogP contribution in [0, 0.1) is 0 Å². The molecular formula is C28H33ClN2. The largest absolute Gasteiger partial charge is 0.372 e. The van der Waals surface area contributed by atoms with Crippen molar-refractivity contribution in [1.29, 1.82) is 0 Å². The quantitative estimate of drug-likeness (QED) is 0.307. The van der Waals surface area contributed by atoms with Gasteiger partial charge in [0.15, 0.2) is 0 Å². The van der Waals surface area contributed by atoms with Gasteiger partial charge >= 0.3 is 0 Å². The topological polar surface area (TPSA) is 6.48 Å². The Kier molecular flexibility index (Phi) is 6.57. The molecule has 3 aromatic carbocycles. The fourth-order valence-electron chi connectivity index (χ4n) is 5.04. The normalized spacial score (nSPS) is 12.9. The summed E-state index contributed by atoms with van der Waals surface area (Å²) in [6.45, 7) is 13.0. The lowest BCUT2D eigenvalue weighted by Gasteiger charge is -2.32. The van der Waals surface area contributed by atoms with Crippen LogP contribution in [0.25, 0.3) is 0 Å². The number of halogens is 1. The summed E-state index contributed by atoms with van der Waals surface area (Å²) < 4.78 is 0. The highest BCUT2D eigenvalue weighted by Crippen LogP contribution is 2.44. The zero-order valence-corrected chi connectivity index (χ0v) is 19.9. The molecule has 4 rings (SSSR count). The maximum absolute atomic E-state index is 6.73. The van der Waals surface area contributed by atoms with Crippen LogP contribution in [0.15, 0.2) is 60.7 Å².